The summed E-state index contributed by atoms with van der Waals surface area (Å²) in [6, 6.07) is 11.3. The first kappa shape index (κ1) is 13.2. The topological polar surface area (TPSA) is 22.1 Å². The summed E-state index contributed by atoms with van der Waals surface area (Å²) in [5, 5.41) is 0.978. The van der Waals surface area contributed by atoms with Gasteiger partial charge in [-0.15, -0.1) is 0 Å². The maximum absolute atomic E-state index is 6.02. The Bertz CT molecular complexity index is 543. The van der Waals surface area contributed by atoms with Gasteiger partial charge in [0.25, 0.3) is 0 Å². The van der Waals surface area contributed by atoms with Crippen molar-refractivity contribution in [2.24, 2.45) is 0 Å². The summed E-state index contributed by atoms with van der Waals surface area (Å²) < 4.78 is 5.66. The summed E-state index contributed by atoms with van der Waals surface area (Å²) in [5.41, 5.74) is 1.88. The number of nitrogens with zero attached hydrogens (tertiary/aromatic N) is 1. The third kappa shape index (κ3) is 3.37. The zero-order chi connectivity index (χ0) is 13.0. The number of aromatic nitrogens is 1. The van der Waals surface area contributed by atoms with E-state index in [0.29, 0.717) is 22.5 Å². The first-order chi connectivity index (χ1) is 8.69. The van der Waals surface area contributed by atoms with Gasteiger partial charge in [0.15, 0.2) is 0 Å². The average Bonchev–Trinajstić information content (AvgIpc) is 2.40. The molecule has 0 N–H and O–H groups in total. The zero-order valence-corrected chi connectivity index (χ0v) is 11.5. The van der Waals surface area contributed by atoms with Gasteiger partial charge in [0.2, 0.25) is 0 Å². The molecule has 0 atom stereocenters. The van der Waals surface area contributed by atoms with Crippen LogP contribution in [0.5, 0.6) is 5.75 Å². The number of ether oxygens (including phenoxy) is 1. The van der Waals surface area contributed by atoms with Crippen molar-refractivity contribution < 1.29 is 4.74 Å². The molecule has 0 saturated carbocycles. The van der Waals surface area contributed by atoms with Gasteiger partial charge in [-0.05, 0) is 36.2 Å². The molecule has 0 spiro atoms. The smallest absolute Gasteiger partial charge is 0.132 e. The standard InChI is InChI=1S/C14H13Cl2NO/c1-2-10-4-3-5-11(8-10)18-9-13-12(15)6-7-14(16)17-13/h3-8H,2,9H2,1H3. The van der Waals surface area contributed by atoms with Crippen molar-refractivity contribution >= 4 is 23.2 Å². The number of halogens is 2. The van der Waals surface area contributed by atoms with E-state index in [0.717, 1.165) is 12.2 Å². The van der Waals surface area contributed by atoms with E-state index in [-0.39, 0.29) is 0 Å². The van der Waals surface area contributed by atoms with E-state index in [4.69, 9.17) is 27.9 Å². The second-order valence-corrected chi connectivity index (χ2v) is 4.65. The number of rotatable bonds is 4. The van der Waals surface area contributed by atoms with Crippen molar-refractivity contribution in [2.75, 3.05) is 0 Å². The largest absolute Gasteiger partial charge is 0.487 e. The molecule has 0 amide bonds. The molecule has 2 nitrogen and oxygen atoms in total. The molecule has 0 radical (unpaired) electrons. The van der Waals surface area contributed by atoms with Crippen LogP contribution in [0.25, 0.3) is 0 Å². The molecule has 0 aliphatic rings. The van der Waals surface area contributed by atoms with Gasteiger partial charge in [-0.2, -0.15) is 0 Å². The predicted octanol–water partition coefficient (Wildman–Crippen LogP) is 4.53. The van der Waals surface area contributed by atoms with Crippen molar-refractivity contribution in [1.29, 1.82) is 0 Å². The molecule has 0 saturated heterocycles. The van der Waals surface area contributed by atoms with Crippen molar-refractivity contribution in [3.63, 3.8) is 0 Å². The maximum Gasteiger partial charge on any atom is 0.132 e. The lowest BCUT2D eigenvalue weighted by atomic mass is 10.2. The molecule has 0 bridgehead atoms. The molecule has 1 aromatic heterocycles. The van der Waals surface area contributed by atoms with Gasteiger partial charge in [0.1, 0.15) is 17.5 Å². The molecule has 94 valence electrons. The third-order valence-corrected chi connectivity index (χ3v) is 3.12. The van der Waals surface area contributed by atoms with Gasteiger partial charge in [0, 0.05) is 0 Å². The molecular formula is C14H13Cl2NO. The lowest BCUT2D eigenvalue weighted by Crippen LogP contribution is -1.99. The van der Waals surface area contributed by atoms with Crippen LogP contribution in [-0.2, 0) is 13.0 Å². The van der Waals surface area contributed by atoms with Crippen LogP contribution in [0, 0.1) is 0 Å². The number of hydrogen-bond acceptors (Lipinski definition) is 2. The molecule has 0 aliphatic carbocycles. The van der Waals surface area contributed by atoms with E-state index < -0.39 is 0 Å². The lowest BCUT2D eigenvalue weighted by molar-refractivity contribution is 0.301. The van der Waals surface area contributed by atoms with Crippen LogP contribution in [0.4, 0.5) is 0 Å². The Labute approximate surface area is 117 Å². The van der Waals surface area contributed by atoms with E-state index in [1.54, 1.807) is 12.1 Å². The van der Waals surface area contributed by atoms with Gasteiger partial charge >= 0.3 is 0 Å². The zero-order valence-electron chi connectivity index (χ0n) is 9.99. The maximum atomic E-state index is 6.02. The quantitative estimate of drug-likeness (QED) is 0.768. The summed E-state index contributed by atoms with van der Waals surface area (Å²) in [6.07, 6.45) is 0.980. The fourth-order valence-corrected chi connectivity index (χ4v) is 1.89. The second kappa shape index (κ2) is 6.07. The molecule has 0 fully saturated rings. The van der Waals surface area contributed by atoms with E-state index in [1.807, 2.05) is 18.2 Å². The SMILES string of the molecule is CCc1cccc(OCc2nc(Cl)ccc2Cl)c1. The van der Waals surface area contributed by atoms with Crippen LogP contribution in [-0.4, -0.2) is 4.98 Å². The van der Waals surface area contributed by atoms with E-state index in [9.17, 15) is 0 Å². The Balaban J connectivity index is 2.08. The fourth-order valence-electron chi connectivity index (χ4n) is 1.57. The molecule has 2 rings (SSSR count). The Morgan fingerprint density at radius 3 is 2.78 bits per heavy atom. The van der Waals surface area contributed by atoms with Gasteiger partial charge in [0.05, 0.1) is 10.7 Å². The van der Waals surface area contributed by atoms with Crippen molar-refractivity contribution in [3.05, 3.63) is 57.8 Å². The predicted molar refractivity (Wildman–Crippen MR) is 74.4 cm³/mol. The lowest BCUT2D eigenvalue weighted by Gasteiger charge is -2.08. The summed E-state index contributed by atoms with van der Waals surface area (Å²) >= 11 is 11.8. The molecular weight excluding hydrogens is 269 g/mol. The summed E-state index contributed by atoms with van der Waals surface area (Å²) in [7, 11) is 0. The Kier molecular flexibility index (Phi) is 4.45. The molecule has 2 aromatic rings. The highest BCUT2D eigenvalue weighted by atomic mass is 35.5. The highest BCUT2D eigenvalue weighted by Gasteiger charge is 2.04. The minimum Gasteiger partial charge on any atom is -0.487 e. The van der Waals surface area contributed by atoms with Crippen LogP contribution < -0.4 is 4.74 Å². The molecule has 4 heteroatoms. The first-order valence-electron chi connectivity index (χ1n) is 5.71. The first-order valence-corrected chi connectivity index (χ1v) is 6.47. The van der Waals surface area contributed by atoms with Crippen molar-refractivity contribution in [3.8, 4) is 5.75 Å². The summed E-state index contributed by atoms with van der Waals surface area (Å²) in [4.78, 5) is 4.14. The molecule has 0 unspecified atom stereocenters. The third-order valence-electron chi connectivity index (χ3n) is 2.57. The normalized spacial score (nSPS) is 10.4. The highest BCUT2D eigenvalue weighted by Crippen LogP contribution is 2.20. The van der Waals surface area contributed by atoms with Gasteiger partial charge in [-0.3, -0.25) is 0 Å². The van der Waals surface area contributed by atoms with E-state index in [1.165, 1.54) is 5.56 Å². The van der Waals surface area contributed by atoms with E-state index >= 15 is 0 Å². The molecule has 18 heavy (non-hydrogen) atoms. The van der Waals surface area contributed by atoms with Crippen molar-refractivity contribution in [2.45, 2.75) is 20.0 Å². The summed E-state index contributed by atoms with van der Waals surface area (Å²) in [5.74, 6) is 0.812. The van der Waals surface area contributed by atoms with Crippen LogP contribution >= 0.6 is 23.2 Å². The van der Waals surface area contributed by atoms with Gasteiger partial charge < -0.3 is 4.74 Å². The molecule has 1 heterocycles. The Morgan fingerprint density at radius 1 is 1.17 bits per heavy atom. The number of hydrogen-bond donors (Lipinski definition) is 0. The summed E-state index contributed by atoms with van der Waals surface area (Å²) in [6.45, 7) is 2.42. The van der Waals surface area contributed by atoms with Crippen molar-refractivity contribution in [1.82, 2.24) is 4.98 Å². The monoisotopic (exact) mass is 281 g/mol. The Morgan fingerprint density at radius 2 is 2.00 bits per heavy atom. The highest BCUT2D eigenvalue weighted by molar-refractivity contribution is 6.32. The number of aryl methyl sites for hydroxylation is 1. The number of pyridine rings is 1. The van der Waals surface area contributed by atoms with Crippen LogP contribution in [0.15, 0.2) is 36.4 Å². The minimum absolute atomic E-state index is 0.312. The number of benzene rings is 1. The minimum atomic E-state index is 0.312. The van der Waals surface area contributed by atoms with Gasteiger partial charge in [-0.1, -0.05) is 42.3 Å². The van der Waals surface area contributed by atoms with E-state index in [2.05, 4.69) is 18.0 Å². The van der Waals surface area contributed by atoms with Crippen LogP contribution in [0.2, 0.25) is 10.2 Å². The molecule has 1 aromatic carbocycles. The average molecular weight is 282 g/mol. The molecule has 0 aliphatic heterocycles. The fraction of sp³-hybridized carbons (Fsp3) is 0.214. The van der Waals surface area contributed by atoms with Crippen LogP contribution in [0.3, 0.4) is 0 Å². The van der Waals surface area contributed by atoms with Crippen LogP contribution in [0.1, 0.15) is 18.2 Å². The second-order valence-electron chi connectivity index (χ2n) is 3.85. The Hall–Kier alpha value is -1.25. The van der Waals surface area contributed by atoms with Gasteiger partial charge in [-0.25, -0.2) is 4.98 Å².